The first-order chi connectivity index (χ1) is 13.6. The Labute approximate surface area is 162 Å². The number of ether oxygens (including phenoxy) is 2. The number of carbonyl (C=O) groups is 2. The molecule has 0 saturated heterocycles. The molecule has 0 bridgehead atoms. The number of carbonyl (C=O) groups excluding carboxylic acids is 2. The smallest absolute Gasteiger partial charge is 0.337 e. The maximum Gasteiger partial charge on any atom is 0.337 e. The van der Waals surface area contributed by atoms with Crippen LogP contribution in [0.1, 0.15) is 5.56 Å². The van der Waals surface area contributed by atoms with Gasteiger partial charge in [0.2, 0.25) is 0 Å². The van der Waals surface area contributed by atoms with Crippen LogP contribution in [-0.2, 0) is 20.9 Å². The molecule has 28 heavy (non-hydrogen) atoms. The van der Waals surface area contributed by atoms with Crippen LogP contribution in [0.5, 0.6) is 5.75 Å². The van der Waals surface area contributed by atoms with Crippen LogP contribution in [0.2, 0.25) is 0 Å². The highest BCUT2D eigenvalue weighted by Crippen LogP contribution is 2.30. The minimum absolute atomic E-state index is 0.0748. The van der Waals surface area contributed by atoms with Gasteiger partial charge in [-0.25, -0.2) is 9.78 Å². The van der Waals surface area contributed by atoms with Crippen LogP contribution in [0.15, 0.2) is 48.2 Å². The molecule has 148 valence electrons. The molecule has 2 N–H and O–H groups in total. The molecule has 0 spiro atoms. The molecule has 2 aromatic rings. The van der Waals surface area contributed by atoms with E-state index in [9.17, 15) is 9.59 Å². The second-order valence-corrected chi connectivity index (χ2v) is 6.19. The second-order valence-electron chi connectivity index (χ2n) is 6.19. The molecule has 9 heteroatoms. The number of benzene rings is 1. The third-order valence-corrected chi connectivity index (χ3v) is 4.40. The van der Waals surface area contributed by atoms with Gasteiger partial charge in [-0.15, -0.1) is 0 Å². The number of rotatable bonds is 8. The molecule has 0 saturated carbocycles. The van der Waals surface area contributed by atoms with E-state index in [2.05, 4.69) is 10.3 Å². The van der Waals surface area contributed by atoms with E-state index >= 15 is 0 Å². The first kappa shape index (κ1) is 19.4. The Bertz CT molecular complexity index is 892. The van der Waals surface area contributed by atoms with Gasteiger partial charge in [0.1, 0.15) is 11.4 Å². The largest absolute Gasteiger partial charge is 0.495 e. The number of imidazole rings is 1. The second kappa shape index (κ2) is 8.57. The molecule has 9 nitrogen and oxygen atoms in total. The van der Waals surface area contributed by atoms with Crippen molar-refractivity contribution in [1.29, 1.82) is 0 Å². The maximum atomic E-state index is 12.7. The fourth-order valence-electron chi connectivity index (χ4n) is 3.03. The summed E-state index contributed by atoms with van der Waals surface area (Å²) >= 11 is 0. The predicted molar refractivity (Wildman–Crippen MR) is 101 cm³/mol. The highest BCUT2D eigenvalue weighted by atomic mass is 16.5. The summed E-state index contributed by atoms with van der Waals surface area (Å²) in [4.78, 5) is 30.3. The molecule has 0 atom stereocenters. The van der Waals surface area contributed by atoms with Crippen molar-refractivity contribution in [3.05, 3.63) is 53.8 Å². The molecule has 1 aliphatic heterocycles. The Morgan fingerprint density at radius 1 is 1.36 bits per heavy atom. The lowest BCUT2D eigenvalue weighted by molar-refractivity contribution is -0.136. The van der Waals surface area contributed by atoms with E-state index in [0.29, 0.717) is 18.0 Å². The quantitative estimate of drug-likeness (QED) is 0.641. The van der Waals surface area contributed by atoms with Crippen molar-refractivity contribution in [2.45, 2.75) is 6.54 Å². The molecule has 0 fully saturated rings. The zero-order valence-electron chi connectivity index (χ0n) is 15.7. The van der Waals surface area contributed by atoms with Crippen molar-refractivity contribution < 1.29 is 24.2 Å². The molecule has 2 heterocycles. The lowest BCUT2D eigenvalue weighted by Gasteiger charge is -2.16. The van der Waals surface area contributed by atoms with Gasteiger partial charge in [0, 0.05) is 25.5 Å². The topological polar surface area (TPSA) is 106 Å². The summed E-state index contributed by atoms with van der Waals surface area (Å²) in [7, 11) is 2.79. The van der Waals surface area contributed by atoms with Crippen LogP contribution in [0, 0.1) is 0 Å². The van der Waals surface area contributed by atoms with Gasteiger partial charge in [-0.1, -0.05) is 6.07 Å². The Morgan fingerprint density at radius 2 is 2.18 bits per heavy atom. The lowest BCUT2D eigenvalue weighted by atomic mass is 10.1. The SMILES string of the molecule is COC(=O)C1=C(Nc2cc(Cn3ccnc3)ccc2OC)C(=O)N(CCO)C1. The van der Waals surface area contributed by atoms with E-state index in [1.165, 1.54) is 19.1 Å². The van der Waals surface area contributed by atoms with Crippen molar-refractivity contribution in [3.8, 4) is 5.75 Å². The number of nitrogens with one attached hydrogen (secondary N) is 1. The number of nitrogens with zero attached hydrogens (tertiary/aromatic N) is 3. The number of anilines is 1. The molecular formula is C19H22N4O5. The molecule has 0 radical (unpaired) electrons. The van der Waals surface area contributed by atoms with Gasteiger partial charge >= 0.3 is 5.97 Å². The first-order valence-electron chi connectivity index (χ1n) is 8.68. The highest BCUT2D eigenvalue weighted by molar-refractivity contribution is 6.08. The van der Waals surface area contributed by atoms with Crippen LogP contribution in [0.3, 0.4) is 0 Å². The van der Waals surface area contributed by atoms with Crippen molar-refractivity contribution in [1.82, 2.24) is 14.5 Å². The summed E-state index contributed by atoms with van der Waals surface area (Å²) in [5.74, 6) is -0.444. The van der Waals surface area contributed by atoms with E-state index in [-0.39, 0.29) is 36.9 Å². The summed E-state index contributed by atoms with van der Waals surface area (Å²) in [5, 5.41) is 12.2. The highest BCUT2D eigenvalue weighted by Gasteiger charge is 2.34. The molecule has 0 aliphatic carbocycles. The summed E-state index contributed by atoms with van der Waals surface area (Å²) in [6.07, 6.45) is 5.26. The van der Waals surface area contributed by atoms with E-state index < -0.39 is 5.97 Å². The van der Waals surface area contributed by atoms with E-state index in [0.717, 1.165) is 5.56 Å². The Balaban J connectivity index is 1.92. The van der Waals surface area contributed by atoms with Gasteiger partial charge in [0.25, 0.3) is 5.91 Å². The minimum atomic E-state index is -0.593. The van der Waals surface area contributed by atoms with Crippen molar-refractivity contribution in [2.75, 3.05) is 39.2 Å². The number of hydrogen-bond acceptors (Lipinski definition) is 7. The number of hydrogen-bond donors (Lipinski definition) is 2. The number of amides is 1. The maximum absolute atomic E-state index is 12.7. The normalized spacial score (nSPS) is 13.8. The van der Waals surface area contributed by atoms with Gasteiger partial charge < -0.3 is 29.4 Å². The van der Waals surface area contributed by atoms with Crippen LogP contribution in [0.25, 0.3) is 0 Å². The molecule has 1 aromatic heterocycles. The third-order valence-electron chi connectivity index (χ3n) is 4.40. The standard InChI is InChI=1S/C19H22N4O5/c1-27-16-4-3-13(10-22-6-5-20-12-22)9-15(16)21-17-14(19(26)28-2)11-23(7-8-24)18(17)25/h3-6,9,12,21,24H,7-8,10-11H2,1-2H3. The van der Waals surface area contributed by atoms with Crippen molar-refractivity contribution in [3.63, 3.8) is 0 Å². The average molecular weight is 386 g/mol. The van der Waals surface area contributed by atoms with Gasteiger partial charge in [-0.2, -0.15) is 0 Å². The van der Waals surface area contributed by atoms with Crippen molar-refractivity contribution >= 4 is 17.6 Å². The summed E-state index contributed by atoms with van der Waals surface area (Å²) < 4.78 is 12.1. The first-order valence-corrected chi connectivity index (χ1v) is 8.68. The van der Waals surface area contributed by atoms with Crippen LogP contribution in [-0.4, -0.2) is 65.3 Å². The third kappa shape index (κ3) is 3.99. The summed E-state index contributed by atoms with van der Waals surface area (Å²) in [6, 6.07) is 5.55. The molecule has 0 unspecified atom stereocenters. The number of aliphatic hydroxyl groups excluding tert-OH is 1. The monoisotopic (exact) mass is 386 g/mol. The zero-order chi connectivity index (χ0) is 20.1. The van der Waals surface area contributed by atoms with Gasteiger partial charge in [0.15, 0.2) is 0 Å². The fraction of sp³-hybridized carbons (Fsp3) is 0.316. The zero-order valence-corrected chi connectivity index (χ0v) is 15.7. The molecule has 1 amide bonds. The summed E-state index contributed by atoms with van der Waals surface area (Å²) in [6.45, 7) is 0.594. The lowest BCUT2D eigenvalue weighted by Crippen LogP contribution is -2.31. The van der Waals surface area contributed by atoms with E-state index in [4.69, 9.17) is 14.6 Å². The van der Waals surface area contributed by atoms with Crippen molar-refractivity contribution in [2.24, 2.45) is 0 Å². The van der Waals surface area contributed by atoms with Gasteiger partial charge in [-0.05, 0) is 17.7 Å². The molecule has 1 aromatic carbocycles. The average Bonchev–Trinajstić information content (AvgIpc) is 3.31. The minimum Gasteiger partial charge on any atom is -0.495 e. The van der Waals surface area contributed by atoms with Crippen LogP contribution >= 0.6 is 0 Å². The number of methoxy groups -OCH3 is 2. The number of β-amino-alcohol motifs (C(OH)–C–C–N with tert-alkyl or cyclic N) is 1. The van der Waals surface area contributed by atoms with Gasteiger partial charge in [0.05, 0.1) is 45.0 Å². The number of aliphatic hydroxyl groups is 1. The molecule has 3 rings (SSSR count). The Kier molecular flexibility index (Phi) is 5.95. The van der Waals surface area contributed by atoms with Crippen LogP contribution in [0.4, 0.5) is 5.69 Å². The predicted octanol–water partition coefficient (Wildman–Crippen LogP) is 0.613. The number of esters is 1. The van der Waals surface area contributed by atoms with Gasteiger partial charge in [-0.3, -0.25) is 4.79 Å². The molecule has 1 aliphatic rings. The Hall–Kier alpha value is -3.33. The molecular weight excluding hydrogens is 364 g/mol. The van der Waals surface area contributed by atoms with Crippen LogP contribution < -0.4 is 10.1 Å². The van der Waals surface area contributed by atoms with E-state index in [1.807, 2.05) is 22.9 Å². The fourth-order valence-corrected chi connectivity index (χ4v) is 3.03. The summed E-state index contributed by atoms with van der Waals surface area (Å²) in [5.41, 5.74) is 1.84. The Morgan fingerprint density at radius 3 is 2.82 bits per heavy atom. The number of aromatic nitrogens is 2. The van der Waals surface area contributed by atoms with E-state index in [1.54, 1.807) is 18.6 Å².